The van der Waals surface area contributed by atoms with Crippen molar-refractivity contribution in [3.63, 3.8) is 0 Å². The number of hydrazone groups is 1. The van der Waals surface area contributed by atoms with Crippen molar-refractivity contribution in [3.8, 4) is 11.5 Å². The average Bonchev–Trinajstić information content (AvgIpc) is 2.85. The molecule has 1 N–H and O–H groups in total. The SMILES string of the molecule is Cc1cccc(C(=O)Oc2ccc(/C=N\NC(=O)[C@@H](C)Oc3cccc4ccccc34)cc2)c1. The molecule has 4 aromatic rings. The minimum absolute atomic E-state index is 0.368. The van der Waals surface area contributed by atoms with Crippen LogP contribution in [-0.4, -0.2) is 24.2 Å². The first-order valence-corrected chi connectivity index (χ1v) is 10.9. The van der Waals surface area contributed by atoms with Crippen LogP contribution in [0.1, 0.15) is 28.4 Å². The number of rotatable bonds is 7. The number of nitrogens with zero attached hydrogens (tertiary/aromatic N) is 1. The van der Waals surface area contributed by atoms with Gasteiger partial charge in [-0.3, -0.25) is 4.79 Å². The number of hydrogen-bond acceptors (Lipinski definition) is 5. The zero-order valence-corrected chi connectivity index (χ0v) is 18.9. The van der Waals surface area contributed by atoms with Crippen molar-refractivity contribution >= 4 is 28.9 Å². The van der Waals surface area contributed by atoms with Gasteiger partial charge in [0.15, 0.2) is 6.10 Å². The summed E-state index contributed by atoms with van der Waals surface area (Å²) in [5, 5.41) is 5.98. The molecule has 34 heavy (non-hydrogen) atoms. The number of aryl methyl sites for hydroxylation is 1. The molecule has 1 amide bonds. The number of amides is 1. The van der Waals surface area contributed by atoms with E-state index in [0.717, 1.165) is 21.9 Å². The lowest BCUT2D eigenvalue weighted by molar-refractivity contribution is -0.127. The van der Waals surface area contributed by atoms with Crippen molar-refractivity contribution in [2.75, 3.05) is 0 Å². The van der Waals surface area contributed by atoms with Crippen molar-refractivity contribution in [1.29, 1.82) is 0 Å². The summed E-state index contributed by atoms with van der Waals surface area (Å²) in [6.07, 6.45) is 0.778. The summed E-state index contributed by atoms with van der Waals surface area (Å²) in [7, 11) is 0. The second kappa shape index (κ2) is 10.4. The second-order valence-corrected chi connectivity index (χ2v) is 7.80. The zero-order valence-electron chi connectivity index (χ0n) is 18.9. The minimum atomic E-state index is -0.730. The molecule has 6 nitrogen and oxygen atoms in total. The van der Waals surface area contributed by atoms with Gasteiger partial charge in [-0.25, -0.2) is 10.2 Å². The summed E-state index contributed by atoms with van der Waals surface area (Å²) in [6.45, 7) is 3.59. The number of nitrogens with one attached hydrogen (secondary N) is 1. The number of hydrogen-bond donors (Lipinski definition) is 1. The molecule has 170 valence electrons. The third-order valence-corrected chi connectivity index (χ3v) is 5.16. The molecular weight excluding hydrogens is 428 g/mol. The predicted molar refractivity (Wildman–Crippen MR) is 132 cm³/mol. The Hall–Kier alpha value is -4.45. The molecule has 0 aliphatic rings. The van der Waals surface area contributed by atoms with Crippen LogP contribution in [-0.2, 0) is 4.79 Å². The van der Waals surface area contributed by atoms with E-state index in [1.54, 1.807) is 43.3 Å². The number of esters is 1. The summed E-state index contributed by atoms with van der Waals surface area (Å²) < 4.78 is 11.3. The largest absolute Gasteiger partial charge is 0.480 e. The Morgan fingerprint density at radius 1 is 0.912 bits per heavy atom. The zero-order chi connectivity index (χ0) is 23.9. The molecule has 4 aromatic carbocycles. The van der Waals surface area contributed by atoms with E-state index in [1.807, 2.05) is 61.5 Å². The third-order valence-electron chi connectivity index (χ3n) is 5.16. The molecule has 0 aliphatic heterocycles. The van der Waals surface area contributed by atoms with Gasteiger partial charge in [0.05, 0.1) is 11.8 Å². The van der Waals surface area contributed by atoms with Gasteiger partial charge in [-0.2, -0.15) is 5.10 Å². The fourth-order valence-electron chi connectivity index (χ4n) is 3.36. The quantitative estimate of drug-likeness (QED) is 0.179. The second-order valence-electron chi connectivity index (χ2n) is 7.80. The predicted octanol–water partition coefficient (Wildman–Crippen LogP) is 5.29. The van der Waals surface area contributed by atoms with E-state index < -0.39 is 12.1 Å². The van der Waals surface area contributed by atoms with Crippen LogP contribution in [0.25, 0.3) is 10.8 Å². The van der Waals surface area contributed by atoms with Gasteiger partial charge in [0, 0.05) is 5.39 Å². The number of benzene rings is 4. The van der Waals surface area contributed by atoms with E-state index in [4.69, 9.17) is 9.47 Å². The van der Waals surface area contributed by atoms with Crippen molar-refractivity contribution in [2.45, 2.75) is 20.0 Å². The Morgan fingerprint density at radius 2 is 1.65 bits per heavy atom. The monoisotopic (exact) mass is 452 g/mol. The van der Waals surface area contributed by atoms with Gasteiger partial charge < -0.3 is 9.47 Å². The van der Waals surface area contributed by atoms with E-state index in [0.29, 0.717) is 17.1 Å². The van der Waals surface area contributed by atoms with Crippen LogP contribution in [0.4, 0.5) is 0 Å². The van der Waals surface area contributed by atoms with E-state index >= 15 is 0 Å². The first-order chi connectivity index (χ1) is 16.5. The topological polar surface area (TPSA) is 77.0 Å². The smallest absolute Gasteiger partial charge is 0.343 e. The lowest BCUT2D eigenvalue weighted by Crippen LogP contribution is -2.33. The Kier molecular flexibility index (Phi) is 6.98. The lowest BCUT2D eigenvalue weighted by Gasteiger charge is -2.14. The Bertz CT molecular complexity index is 1340. The maximum absolute atomic E-state index is 12.4. The Balaban J connectivity index is 1.31. The molecule has 6 heteroatoms. The highest BCUT2D eigenvalue weighted by molar-refractivity contribution is 5.91. The first kappa shape index (κ1) is 22.7. The van der Waals surface area contributed by atoms with E-state index in [-0.39, 0.29) is 5.91 Å². The van der Waals surface area contributed by atoms with Gasteiger partial charge in [0.25, 0.3) is 5.91 Å². The third kappa shape index (κ3) is 5.66. The fourth-order valence-corrected chi connectivity index (χ4v) is 3.36. The van der Waals surface area contributed by atoms with Crippen molar-refractivity contribution < 1.29 is 19.1 Å². The summed E-state index contributed by atoms with van der Waals surface area (Å²) in [5.74, 6) is 0.274. The molecule has 0 heterocycles. The number of carbonyl (C=O) groups excluding carboxylic acids is 2. The maximum atomic E-state index is 12.4. The molecule has 1 atom stereocenters. The van der Waals surface area contributed by atoms with Crippen LogP contribution < -0.4 is 14.9 Å². The van der Waals surface area contributed by atoms with Crippen LogP contribution in [0.5, 0.6) is 11.5 Å². The summed E-state index contributed by atoms with van der Waals surface area (Å²) in [4.78, 5) is 24.7. The van der Waals surface area contributed by atoms with Gasteiger partial charge in [-0.15, -0.1) is 0 Å². The van der Waals surface area contributed by atoms with Crippen LogP contribution in [0, 0.1) is 6.92 Å². The summed E-state index contributed by atoms with van der Waals surface area (Å²) in [5.41, 5.74) is 4.71. The fraction of sp³-hybridized carbons (Fsp3) is 0.107. The molecule has 0 saturated carbocycles. The number of fused-ring (bicyclic) bond motifs is 1. The highest BCUT2D eigenvalue weighted by Crippen LogP contribution is 2.26. The minimum Gasteiger partial charge on any atom is -0.480 e. The standard InChI is InChI=1S/C28H24N2O4/c1-19-7-5-10-23(17-19)28(32)34-24-15-13-21(14-16-24)18-29-30-27(31)20(2)33-26-12-6-9-22-8-3-4-11-25(22)26/h3-18,20H,1-2H3,(H,30,31)/b29-18-/t20-/m1/s1. The Morgan fingerprint density at radius 3 is 2.44 bits per heavy atom. The highest BCUT2D eigenvalue weighted by Gasteiger charge is 2.15. The number of carbonyl (C=O) groups is 2. The molecule has 0 saturated heterocycles. The van der Waals surface area contributed by atoms with E-state index in [1.165, 1.54) is 6.21 Å². The normalized spacial score (nSPS) is 11.8. The summed E-state index contributed by atoms with van der Waals surface area (Å²) >= 11 is 0. The molecule has 0 aliphatic carbocycles. The van der Waals surface area contributed by atoms with Gasteiger partial charge in [-0.05, 0) is 67.3 Å². The summed E-state index contributed by atoms with van der Waals surface area (Å²) in [6, 6.07) is 27.6. The van der Waals surface area contributed by atoms with Crippen LogP contribution in [0.3, 0.4) is 0 Å². The molecule has 0 spiro atoms. The van der Waals surface area contributed by atoms with Crippen molar-refractivity contribution in [1.82, 2.24) is 5.43 Å². The van der Waals surface area contributed by atoms with Gasteiger partial charge in [-0.1, -0.05) is 54.1 Å². The molecule has 0 aromatic heterocycles. The van der Waals surface area contributed by atoms with Crippen molar-refractivity contribution in [3.05, 3.63) is 108 Å². The molecular formula is C28H24N2O4. The lowest BCUT2D eigenvalue weighted by atomic mass is 10.1. The van der Waals surface area contributed by atoms with Crippen LogP contribution in [0.15, 0.2) is 96.1 Å². The van der Waals surface area contributed by atoms with Crippen LogP contribution >= 0.6 is 0 Å². The highest BCUT2D eigenvalue weighted by atomic mass is 16.5. The van der Waals surface area contributed by atoms with E-state index in [2.05, 4.69) is 10.5 Å². The first-order valence-electron chi connectivity index (χ1n) is 10.9. The Labute approximate surface area is 197 Å². The average molecular weight is 453 g/mol. The van der Waals surface area contributed by atoms with E-state index in [9.17, 15) is 9.59 Å². The van der Waals surface area contributed by atoms with Gasteiger partial charge in [0.1, 0.15) is 11.5 Å². The molecule has 0 fully saturated rings. The molecule has 0 radical (unpaired) electrons. The van der Waals surface area contributed by atoms with Gasteiger partial charge in [0.2, 0.25) is 0 Å². The maximum Gasteiger partial charge on any atom is 0.343 e. The molecule has 0 unspecified atom stereocenters. The molecule has 4 rings (SSSR count). The van der Waals surface area contributed by atoms with Crippen LogP contribution in [0.2, 0.25) is 0 Å². The number of ether oxygens (including phenoxy) is 2. The van der Waals surface area contributed by atoms with Gasteiger partial charge >= 0.3 is 5.97 Å². The van der Waals surface area contributed by atoms with Crippen molar-refractivity contribution in [2.24, 2.45) is 5.10 Å². The molecule has 0 bridgehead atoms.